The molecule has 0 radical (unpaired) electrons. The molecule has 28 heavy (non-hydrogen) atoms. The molecule has 0 aliphatic carbocycles. The Bertz CT molecular complexity index is 988. The van der Waals surface area contributed by atoms with E-state index in [1.54, 1.807) is 0 Å². The van der Waals surface area contributed by atoms with Gasteiger partial charge in [0.1, 0.15) is 0 Å². The summed E-state index contributed by atoms with van der Waals surface area (Å²) in [7, 11) is 1.38. The summed E-state index contributed by atoms with van der Waals surface area (Å²) in [4.78, 5) is 25.7. The summed E-state index contributed by atoms with van der Waals surface area (Å²) >= 11 is 3.55. The second-order valence-electron chi connectivity index (χ2n) is 6.76. The normalized spacial score (nSPS) is 15.0. The first kappa shape index (κ1) is 18.8. The Labute approximate surface area is 172 Å². The Morgan fingerprint density at radius 3 is 2.68 bits per heavy atom. The van der Waals surface area contributed by atoms with Crippen LogP contribution in [0.2, 0.25) is 0 Å². The van der Waals surface area contributed by atoms with Crippen molar-refractivity contribution in [3.63, 3.8) is 0 Å². The predicted molar refractivity (Wildman–Crippen MR) is 113 cm³/mol. The predicted octanol–water partition coefficient (Wildman–Crippen LogP) is 3.50. The highest BCUT2D eigenvalue weighted by atomic mass is 79.9. The second kappa shape index (κ2) is 8.24. The fraction of sp³-hybridized carbons (Fsp3) is 0.286. The van der Waals surface area contributed by atoms with Crippen molar-refractivity contribution < 1.29 is 9.53 Å². The highest BCUT2D eigenvalue weighted by Gasteiger charge is 2.21. The van der Waals surface area contributed by atoms with Crippen molar-refractivity contribution >= 4 is 38.5 Å². The number of hydrogen-bond donors (Lipinski definition) is 0. The van der Waals surface area contributed by atoms with E-state index in [1.165, 1.54) is 7.11 Å². The lowest BCUT2D eigenvalue weighted by Gasteiger charge is -2.36. The van der Waals surface area contributed by atoms with Crippen LogP contribution >= 0.6 is 15.9 Å². The van der Waals surface area contributed by atoms with Crippen molar-refractivity contribution in [3.8, 4) is 0 Å². The Morgan fingerprint density at radius 2 is 1.96 bits per heavy atom. The van der Waals surface area contributed by atoms with E-state index in [1.807, 2.05) is 36.5 Å². The van der Waals surface area contributed by atoms with Crippen LogP contribution in [0, 0.1) is 0 Å². The van der Waals surface area contributed by atoms with E-state index in [9.17, 15) is 4.79 Å². The molecule has 0 N–H and O–H groups in total. The molecule has 0 atom stereocenters. The van der Waals surface area contributed by atoms with Crippen LogP contribution in [-0.2, 0) is 11.3 Å². The summed E-state index contributed by atoms with van der Waals surface area (Å²) in [5.74, 6) is -0.417. The molecule has 0 saturated carbocycles. The quantitative estimate of drug-likeness (QED) is 0.578. The van der Waals surface area contributed by atoms with Crippen molar-refractivity contribution in [2.75, 3.05) is 38.2 Å². The molecule has 2 aromatic heterocycles. The maximum Gasteiger partial charge on any atom is 0.356 e. The van der Waals surface area contributed by atoms with Crippen LogP contribution in [0.4, 0.5) is 5.69 Å². The molecule has 1 saturated heterocycles. The molecule has 3 heterocycles. The van der Waals surface area contributed by atoms with Gasteiger partial charge < -0.3 is 9.64 Å². The van der Waals surface area contributed by atoms with Crippen LogP contribution in [0.1, 0.15) is 16.2 Å². The summed E-state index contributed by atoms with van der Waals surface area (Å²) in [5, 5.41) is 1.03. The number of rotatable bonds is 4. The van der Waals surface area contributed by atoms with Crippen molar-refractivity contribution in [1.82, 2.24) is 14.9 Å². The van der Waals surface area contributed by atoms with E-state index < -0.39 is 5.97 Å². The molecule has 6 nitrogen and oxygen atoms in total. The van der Waals surface area contributed by atoms with E-state index in [2.05, 4.69) is 47.8 Å². The number of esters is 1. The Kier molecular flexibility index (Phi) is 5.54. The third-order valence-corrected chi connectivity index (χ3v) is 5.46. The zero-order valence-corrected chi connectivity index (χ0v) is 17.2. The van der Waals surface area contributed by atoms with Gasteiger partial charge in [0, 0.05) is 54.5 Å². The van der Waals surface area contributed by atoms with E-state index in [-0.39, 0.29) is 0 Å². The Balaban J connectivity index is 1.58. The van der Waals surface area contributed by atoms with Crippen LogP contribution in [0.25, 0.3) is 10.9 Å². The number of aromatic nitrogens is 2. The third kappa shape index (κ3) is 4.00. The standard InChI is InChI=1S/C21H21BrN4O2/c1-28-21(27)19-13-20(17-12-15(22)5-6-18(17)24-19)26-10-8-25(9-11-26)14-16-4-2-3-7-23-16/h2-7,12-13H,8-11,14H2,1H3. The number of fused-ring (bicyclic) bond motifs is 1. The molecular weight excluding hydrogens is 420 g/mol. The lowest BCUT2D eigenvalue weighted by atomic mass is 10.1. The average Bonchev–Trinajstić information content (AvgIpc) is 2.74. The number of pyridine rings is 2. The number of carbonyl (C=O) groups is 1. The van der Waals surface area contributed by atoms with Crippen LogP contribution in [0.15, 0.2) is 53.1 Å². The molecule has 1 aliphatic rings. The first-order valence-corrected chi connectivity index (χ1v) is 9.99. The molecule has 3 aromatic rings. The van der Waals surface area contributed by atoms with Gasteiger partial charge in [-0.05, 0) is 36.4 Å². The van der Waals surface area contributed by atoms with Gasteiger partial charge in [-0.3, -0.25) is 9.88 Å². The number of methoxy groups -OCH3 is 1. The number of hydrogen-bond acceptors (Lipinski definition) is 6. The van der Waals surface area contributed by atoms with Crippen molar-refractivity contribution in [2.24, 2.45) is 0 Å². The lowest BCUT2D eigenvalue weighted by Crippen LogP contribution is -2.46. The van der Waals surface area contributed by atoms with Crippen LogP contribution in [-0.4, -0.2) is 54.1 Å². The number of piperazine rings is 1. The van der Waals surface area contributed by atoms with E-state index in [4.69, 9.17) is 4.74 Å². The Hall–Kier alpha value is -2.51. The topological polar surface area (TPSA) is 58.6 Å². The average molecular weight is 441 g/mol. The fourth-order valence-electron chi connectivity index (χ4n) is 3.52. The zero-order valence-electron chi connectivity index (χ0n) is 15.6. The fourth-order valence-corrected chi connectivity index (χ4v) is 3.88. The van der Waals surface area contributed by atoms with Gasteiger partial charge in [-0.2, -0.15) is 0 Å². The van der Waals surface area contributed by atoms with E-state index >= 15 is 0 Å². The van der Waals surface area contributed by atoms with Crippen molar-refractivity contribution in [2.45, 2.75) is 6.54 Å². The first-order chi connectivity index (χ1) is 13.6. The summed E-state index contributed by atoms with van der Waals surface area (Å²) in [5.41, 5.74) is 3.23. The van der Waals surface area contributed by atoms with Gasteiger partial charge >= 0.3 is 5.97 Å². The third-order valence-electron chi connectivity index (χ3n) is 4.97. The van der Waals surface area contributed by atoms with Gasteiger partial charge in [0.2, 0.25) is 0 Å². The molecule has 1 fully saturated rings. The minimum atomic E-state index is -0.417. The van der Waals surface area contributed by atoms with Gasteiger partial charge in [0.25, 0.3) is 0 Å². The number of anilines is 1. The summed E-state index contributed by atoms with van der Waals surface area (Å²) in [6.07, 6.45) is 1.83. The lowest BCUT2D eigenvalue weighted by molar-refractivity contribution is 0.0594. The zero-order chi connectivity index (χ0) is 19.5. The van der Waals surface area contributed by atoms with Gasteiger partial charge in [0.05, 0.1) is 18.3 Å². The molecule has 4 rings (SSSR count). The van der Waals surface area contributed by atoms with Crippen molar-refractivity contribution in [3.05, 3.63) is 64.5 Å². The first-order valence-electron chi connectivity index (χ1n) is 9.20. The van der Waals surface area contributed by atoms with Crippen molar-refractivity contribution in [1.29, 1.82) is 0 Å². The number of carbonyl (C=O) groups excluding carboxylic acids is 1. The smallest absolute Gasteiger partial charge is 0.356 e. The molecule has 7 heteroatoms. The highest BCUT2D eigenvalue weighted by Crippen LogP contribution is 2.30. The molecule has 0 bridgehead atoms. The number of benzene rings is 1. The molecule has 0 amide bonds. The molecule has 0 spiro atoms. The molecular formula is C21H21BrN4O2. The minimum absolute atomic E-state index is 0.336. The van der Waals surface area contributed by atoms with Crippen LogP contribution in [0.5, 0.6) is 0 Å². The number of ether oxygens (including phenoxy) is 1. The summed E-state index contributed by atoms with van der Waals surface area (Å²) in [6, 6.07) is 13.8. The number of nitrogens with zero attached hydrogens (tertiary/aromatic N) is 4. The minimum Gasteiger partial charge on any atom is -0.464 e. The largest absolute Gasteiger partial charge is 0.464 e. The van der Waals surface area contributed by atoms with Crippen LogP contribution in [0.3, 0.4) is 0 Å². The van der Waals surface area contributed by atoms with Gasteiger partial charge in [-0.15, -0.1) is 0 Å². The van der Waals surface area contributed by atoms with Crippen LogP contribution < -0.4 is 4.90 Å². The molecule has 1 aromatic carbocycles. The molecule has 0 unspecified atom stereocenters. The Morgan fingerprint density at radius 1 is 1.14 bits per heavy atom. The number of halogens is 1. The van der Waals surface area contributed by atoms with E-state index in [0.29, 0.717) is 5.69 Å². The summed E-state index contributed by atoms with van der Waals surface area (Å²) < 4.78 is 5.88. The van der Waals surface area contributed by atoms with E-state index in [0.717, 1.165) is 59.5 Å². The maximum atomic E-state index is 12.1. The monoisotopic (exact) mass is 440 g/mol. The molecule has 1 aliphatic heterocycles. The van der Waals surface area contributed by atoms with Gasteiger partial charge in [-0.1, -0.05) is 22.0 Å². The van der Waals surface area contributed by atoms with Gasteiger partial charge in [0.15, 0.2) is 5.69 Å². The SMILES string of the molecule is COC(=O)c1cc(N2CCN(Cc3ccccn3)CC2)c2cc(Br)ccc2n1. The van der Waals surface area contributed by atoms with Gasteiger partial charge in [-0.25, -0.2) is 9.78 Å². The molecule has 144 valence electrons. The maximum absolute atomic E-state index is 12.1. The second-order valence-corrected chi connectivity index (χ2v) is 7.68. The summed E-state index contributed by atoms with van der Waals surface area (Å²) in [6.45, 7) is 4.47. The highest BCUT2D eigenvalue weighted by molar-refractivity contribution is 9.10.